The maximum absolute atomic E-state index is 11.8. The van der Waals surface area contributed by atoms with Gasteiger partial charge < -0.3 is 5.32 Å². The fourth-order valence-electron chi connectivity index (χ4n) is 2.97. The molecule has 1 aliphatic carbocycles. The molecule has 0 unspecified atom stereocenters. The van der Waals surface area contributed by atoms with Gasteiger partial charge in [-0.15, -0.1) is 11.3 Å². The van der Waals surface area contributed by atoms with Crippen molar-refractivity contribution in [2.75, 3.05) is 0 Å². The van der Waals surface area contributed by atoms with Crippen LogP contribution in [0.5, 0.6) is 0 Å². The van der Waals surface area contributed by atoms with Crippen molar-refractivity contribution in [1.29, 1.82) is 0 Å². The SMILES string of the molecule is C[C@@H]1[C@H](C)CCC[C@@H]1NC(=S)NNC(=O)CCC(=O)c1cccs1. The summed E-state index contributed by atoms with van der Waals surface area (Å²) in [6.07, 6.45) is 3.89. The Morgan fingerprint density at radius 1 is 1.25 bits per heavy atom. The van der Waals surface area contributed by atoms with E-state index in [4.69, 9.17) is 12.2 Å². The fourth-order valence-corrected chi connectivity index (χ4v) is 3.86. The molecule has 1 heterocycles. The van der Waals surface area contributed by atoms with Gasteiger partial charge in [0.1, 0.15) is 0 Å². The Balaban J connectivity index is 1.66. The smallest absolute Gasteiger partial charge is 0.238 e. The van der Waals surface area contributed by atoms with E-state index in [1.54, 1.807) is 6.07 Å². The lowest BCUT2D eigenvalue weighted by Crippen LogP contribution is -2.52. The molecular formula is C17H25N3O2S2. The Morgan fingerprint density at radius 3 is 2.75 bits per heavy atom. The van der Waals surface area contributed by atoms with E-state index < -0.39 is 0 Å². The van der Waals surface area contributed by atoms with Crippen LogP contribution in [0.1, 0.15) is 55.6 Å². The molecule has 0 aromatic carbocycles. The Labute approximate surface area is 152 Å². The van der Waals surface area contributed by atoms with E-state index in [1.807, 2.05) is 11.4 Å². The van der Waals surface area contributed by atoms with Crippen molar-refractivity contribution >= 4 is 40.4 Å². The zero-order valence-electron chi connectivity index (χ0n) is 14.1. The molecule has 2 rings (SSSR count). The number of thiocarbonyl (C=S) groups is 1. The number of Topliss-reactive ketones (excluding diaryl/α,β-unsaturated/α-hetero) is 1. The number of carbonyl (C=O) groups is 2. The summed E-state index contributed by atoms with van der Waals surface area (Å²) in [6, 6.07) is 3.94. The van der Waals surface area contributed by atoms with Crippen molar-refractivity contribution in [1.82, 2.24) is 16.2 Å². The van der Waals surface area contributed by atoms with Crippen LogP contribution in [-0.4, -0.2) is 22.8 Å². The van der Waals surface area contributed by atoms with Crippen LogP contribution in [0.4, 0.5) is 0 Å². The quantitative estimate of drug-likeness (QED) is 0.424. The molecule has 0 radical (unpaired) electrons. The van der Waals surface area contributed by atoms with E-state index in [2.05, 4.69) is 30.0 Å². The van der Waals surface area contributed by atoms with Crippen LogP contribution in [0.25, 0.3) is 0 Å². The maximum Gasteiger partial charge on any atom is 0.238 e. The van der Waals surface area contributed by atoms with E-state index in [0.717, 1.165) is 6.42 Å². The Hall–Kier alpha value is -1.47. The molecular weight excluding hydrogens is 342 g/mol. The normalized spacial score (nSPS) is 23.3. The summed E-state index contributed by atoms with van der Waals surface area (Å²) in [5.41, 5.74) is 5.29. The van der Waals surface area contributed by atoms with Gasteiger partial charge in [0.25, 0.3) is 0 Å². The number of rotatable bonds is 5. The zero-order chi connectivity index (χ0) is 17.5. The lowest BCUT2D eigenvalue weighted by Gasteiger charge is -2.35. The largest absolute Gasteiger partial charge is 0.358 e. The summed E-state index contributed by atoms with van der Waals surface area (Å²) in [6.45, 7) is 4.50. The van der Waals surface area contributed by atoms with E-state index >= 15 is 0 Å². The summed E-state index contributed by atoms with van der Waals surface area (Å²) in [4.78, 5) is 24.4. The first-order valence-corrected chi connectivity index (χ1v) is 9.68. The Morgan fingerprint density at radius 2 is 2.04 bits per heavy atom. The van der Waals surface area contributed by atoms with Gasteiger partial charge >= 0.3 is 0 Å². The molecule has 1 saturated carbocycles. The highest BCUT2D eigenvalue weighted by molar-refractivity contribution is 7.80. The number of thiophene rings is 1. The molecule has 3 atom stereocenters. The first-order chi connectivity index (χ1) is 11.5. The molecule has 0 spiro atoms. The second kappa shape index (κ2) is 9.13. The lowest BCUT2D eigenvalue weighted by molar-refractivity contribution is -0.121. The first kappa shape index (κ1) is 18.9. The molecule has 3 N–H and O–H groups in total. The van der Waals surface area contributed by atoms with Crippen molar-refractivity contribution in [2.24, 2.45) is 11.8 Å². The monoisotopic (exact) mass is 367 g/mol. The highest BCUT2D eigenvalue weighted by Gasteiger charge is 2.27. The number of hydrogen-bond donors (Lipinski definition) is 3. The minimum atomic E-state index is -0.242. The molecule has 1 aliphatic rings. The third-order valence-corrected chi connectivity index (χ3v) is 5.84. The number of ketones is 1. The van der Waals surface area contributed by atoms with Gasteiger partial charge in [-0.3, -0.25) is 20.4 Å². The highest BCUT2D eigenvalue weighted by atomic mass is 32.1. The van der Waals surface area contributed by atoms with Crippen LogP contribution in [-0.2, 0) is 4.79 Å². The standard InChI is InChI=1S/C17H25N3O2S2/c1-11-5-3-6-13(12(11)2)18-17(23)20-19-16(22)9-8-14(21)15-7-4-10-24-15/h4,7,10-13H,3,5-6,8-9H2,1-2H3,(H,19,22)(H2,18,20,23)/t11-,12-,13+/m1/s1. The van der Waals surface area contributed by atoms with Crippen molar-refractivity contribution < 1.29 is 9.59 Å². The highest BCUT2D eigenvalue weighted by Crippen LogP contribution is 2.29. The van der Waals surface area contributed by atoms with Gasteiger partial charge in [-0.2, -0.15) is 0 Å². The molecule has 0 aliphatic heterocycles. The summed E-state index contributed by atoms with van der Waals surface area (Å²) >= 11 is 6.64. The van der Waals surface area contributed by atoms with Gasteiger partial charge in [0.05, 0.1) is 4.88 Å². The van der Waals surface area contributed by atoms with E-state index in [0.29, 0.717) is 27.9 Å². The first-order valence-electron chi connectivity index (χ1n) is 8.39. The van der Waals surface area contributed by atoms with Crippen molar-refractivity contribution in [2.45, 2.75) is 52.0 Å². The predicted molar refractivity (Wildman–Crippen MR) is 101 cm³/mol. The summed E-state index contributed by atoms with van der Waals surface area (Å²) in [5.74, 6) is 0.981. The summed E-state index contributed by atoms with van der Waals surface area (Å²) in [5, 5.41) is 5.56. The third-order valence-electron chi connectivity index (χ3n) is 4.71. The molecule has 5 nitrogen and oxygen atoms in total. The number of carbonyl (C=O) groups excluding carboxylic acids is 2. The van der Waals surface area contributed by atoms with Gasteiger partial charge in [-0.05, 0) is 41.9 Å². The fraction of sp³-hybridized carbons (Fsp3) is 0.588. The molecule has 0 saturated heterocycles. The molecule has 0 bridgehead atoms. The summed E-state index contributed by atoms with van der Waals surface area (Å²) < 4.78 is 0. The van der Waals surface area contributed by atoms with E-state index in [9.17, 15) is 9.59 Å². The van der Waals surface area contributed by atoms with Crippen LogP contribution >= 0.6 is 23.6 Å². The maximum atomic E-state index is 11.8. The van der Waals surface area contributed by atoms with E-state index in [-0.39, 0.29) is 24.5 Å². The number of nitrogens with one attached hydrogen (secondary N) is 3. The Kier molecular flexibility index (Phi) is 7.17. The average molecular weight is 368 g/mol. The van der Waals surface area contributed by atoms with Crippen LogP contribution in [0, 0.1) is 11.8 Å². The molecule has 1 aromatic heterocycles. The van der Waals surface area contributed by atoms with Gasteiger partial charge in [0.2, 0.25) is 5.91 Å². The number of amides is 1. The molecule has 7 heteroatoms. The molecule has 1 fully saturated rings. The average Bonchev–Trinajstić information content (AvgIpc) is 3.09. The predicted octanol–water partition coefficient (Wildman–Crippen LogP) is 3.03. The van der Waals surface area contributed by atoms with Crippen LogP contribution < -0.4 is 16.2 Å². The number of hydrazine groups is 1. The molecule has 132 valence electrons. The van der Waals surface area contributed by atoms with E-state index in [1.165, 1.54) is 24.2 Å². The minimum absolute atomic E-state index is 0.00845. The van der Waals surface area contributed by atoms with Gasteiger partial charge in [0, 0.05) is 18.9 Å². The lowest BCUT2D eigenvalue weighted by atomic mass is 9.78. The van der Waals surface area contributed by atoms with Crippen molar-refractivity contribution in [3.8, 4) is 0 Å². The Bertz CT molecular complexity index is 574. The van der Waals surface area contributed by atoms with Gasteiger partial charge in [-0.25, -0.2) is 0 Å². The minimum Gasteiger partial charge on any atom is -0.358 e. The van der Waals surface area contributed by atoms with Crippen molar-refractivity contribution in [3.63, 3.8) is 0 Å². The van der Waals surface area contributed by atoms with Gasteiger partial charge in [-0.1, -0.05) is 32.8 Å². The molecule has 1 amide bonds. The molecule has 24 heavy (non-hydrogen) atoms. The zero-order valence-corrected chi connectivity index (χ0v) is 15.8. The molecule has 1 aromatic rings. The third kappa shape index (κ3) is 5.56. The summed E-state index contributed by atoms with van der Waals surface area (Å²) in [7, 11) is 0. The number of hydrogen-bond acceptors (Lipinski definition) is 4. The topological polar surface area (TPSA) is 70.2 Å². The van der Waals surface area contributed by atoms with Crippen LogP contribution in [0.3, 0.4) is 0 Å². The van der Waals surface area contributed by atoms with Crippen LogP contribution in [0.15, 0.2) is 17.5 Å². The van der Waals surface area contributed by atoms with Gasteiger partial charge in [0.15, 0.2) is 10.9 Å². The second-order valence-corrected chi connectivity index (χ2v) is 7.78. The second-order valence-electron chi connectivity index (χ2n) is 6.42. The van der Waals surface area contributed by atoms with Crippen molar-refractivity contribution in [3.05, 3.63) is 22.4 Å². The van der Waals surface area contributed by atoms with Crippen LogP contribution in [0.2, 0.25) is 0 Å².